The molecule has 4 rings (SSSR count). The van der Waals surface area contributed by atoms with E-state index >= 15 is 0 Å². The molecule has 4 unspecified atom stereocenters. The second-order valence-corrected chi connectivity index (χ2v) is 14.2. The van der Waals surface area contributed by atoms with Gasteiger partial charge < -0.3 is 0 Å². The number of fused-ring (bicyclic) bond motifs is 3. The molecule has 0 radical (unpaired) electrons. The molecule has 3 aliphatic rings. The smallest absolute Gasteiger partial charge is 0.190 e. The predicted octanol–water partition coefficient (Wildman–Crippen LogP) is 7.34. The molecule has 204 valence electrons. The van der Waals surface area contributed by atoms with E-state index in [0.717, 1.165) is 39.0 Å². The van der Waals surface area contributed by atoms with Crippen LogP contribution in [-0.2, 0) is 26.2 Å². The van der Waals surface area contributed by atoms with Crippen molar-refractivity contribution in [1.82, 2.24) is 0 Å². The van der Waals surface area contributed by atoms with Crippen molar-refractivity contribution in [3.05, 3.63) is 56.2 Å². The largest absolute Gasteiger partial charge is 0.299 e. The quantitative estimate of drug-likeness (QED) is 0.394. The number of hydrogen-bond acceptors (Lipinski definition) is 4. The fourth-order valence-corrected chi connectivity index (χ4v) is 8.39. The van der Waals surface area contributed by atoms with Crippen molar-refractivity contribution in [2.24, 2.45) is 16.2 Å². The van der Waals surface area contributed by atoms with Gasteiger partial charge in [0, 0.05) is 22.5 Å². The number of carbonyl (C=O) groups is 4. The highest BCUT2D eigenvalue weighted by atomic mass is 16.2. The zero-order valence-electron chi connectivity index (χ0n) is 25.4. The van der Waals surface area contributed by atoms with Gasteiger partial charge in [-0.05, 0) is 93.9 Å². The number of carbonyl (C=O) groups excluding carboxylic acids is 4. The molecular weight excluding hydrogens is 472 g/mol. The molecule has 0 saturated heterocycles. The molecule has 0 saturated carbocycles. The minimum Gasteiger partial charge on any atom is -0.299 e. The lowest BCUT2D eigenvalue weighted by atomic mass is 9.42. The molecule has 0 aliphatic heterocycles. The van der Waals surface area contributed by atoms with Crippen molar-refractivity contribution in [2.75, 3.05) is 0 Å². The van der Waals surface area contributed by atoms with Crippen LogP contribution >= 0.6 is 0 Å². The normalized spacial score (nSPS) is 30.1. The van der Waals surface area contributed by atoms with Gasteiger partial charge in [0.1, 0.15) is 5.78 Å². The number of benzene rings is 1. The van der Waals surface area contributed by atoms with Gasteiger partial charge in [-0.25, -0.2) is 0 Å². The lowest BCUT2D eigenvalue weighted by Gasteiger charge is -2.59. The molecule has 0 bridgehead atoms. The Morgan fingerprint density at radius 2 is 1.55 bits per heavy atom. The SMILES string of the molecule is CC(=O)C1=C(C)CC2(C)CC3(C)Cc4c(C(C)C(C)=O)cc(C(C)(C)C)c(C)c4C(=O)C3=C(C)C2(C)C1=O. The van der Waals surface area contributed by atoms with Gasteiger partial charge in [-0.2, -0.15) is 0 Å². The number of ketones is 4. The molecule has 1 aromatic carbocycles. The van der Waals surface area contributed by atoms with Crippen LogP contribution in [0.5, 0.6) is 0 Å². The maximum atomic E-state index is 14.7. The van der Waals surface area contributed by atoms with Crippen LogP contribution in [0.2, 0.25) is 0 Å². The standard InChI is InChI=1S/C34H44O4/c1-17-14-33(11)16-32(10)15-24-23(18(2)21(5)35)13-25(31(7,8)9)19(3)27(24)29(37)28(32)20(4)34(33,12)30(38)26(17)22(6)36/h13,18H,14-16H2,1-12H3. The van der Waals surface area contributed by atoms with Gasteiger partial charge in [-0.3, -0.25) is 19.2 Å². The minimum absolute atomic E-state index is 0.0152. The van der Waals surface area contributed by atoms with Gasteiger partial charge >= 0.3 is 0 Å². The van der Waals surface area contributed by atoms with Gasteiger partial charge in [-0.15, -0.1) is 0 Å². The van der Waals surface area contributed by atoms with E-state index < -0.39 is 16.2 Å². The van der Waals surface area contributed by atoms with Crippen molar-refractivity contribution in [1.29, 1.82) is 0 Å². The van der Waals surface area contributed by atoms with E-state index in [0.29, 0.717) is 30.4 Å². The predicted molar refractivity (Wildman–Crippen MR) is 152 cm³/mol. The van der Waals surface area contributed by atoms with Crippen molar-refractivity contribution >= 4 is 23.1 Å². The molecule has 0 heterocycles. The Balaban J connectivity index is 2.08. The number of hydrogen-bond donors (Lipinski definition) is 0. The van der Waals surface area contributed by atoms with Crippen LogP contribution in [-0.4, -0.2) is 23.1 Å². The molecule has 4 nitrogen and oxygen atoms in total. The Bertz CT molecular complexity index is 1390. The van der Waals surface area contributed by atoms with Crippen LogP contribution in [0.3, 0.4) is 0 Å². The van der Waals surface area contributed by atoms with Gasteiger partial charge in [-0.1, -0.05) is 58.8 Å². The number of Topliss-reactive ketones (excluding diaryl/α,β-unsaturated/α-hetero) is 4. The molecule has 3 aliphatic carbocycles. The van der Waals surface area contributed by atoms with Crippen molar-refractivity contribution < 1.29 is 19.2 Å². The molecule has 38 heavy (non-hydrogen) atoms. The second-order valence-electron chi connectivity index (χ2n) is 14.2. The Morgan fingerprint density at radius 3 is 2.05 bits per heavy atom. The third-order valence-electron chi connectivity index (χ3n) is 10.5. The average molecular weight is 517 g/mol. The first kappa shape index (κ1) is 28.4. The van der Waals surface area contributed by atoms with Crippen LogP contribution in [0.15, 0.2) is 28.4 Å². The number of allylic oxidation sites excluding steroid dienone is 4. The lowest BCUT2D eigenvalue weighted by Crippen LogP contribution is -2.57. The summed E-state index contributed by atoms with van der Waals surface area (Å²) in [6, 6.07) is 2.17. The van der Waals surface area contributed by atoms with E-state index in [1.807, 2.05) is 34.6 Å². The summed E-state index contributed by atoms with van der Waals surface area (Å²) in [7, 11) is 0. The van der Waals surface area contributed by atoms with Crippen LogP contribution in [0.25, 0.3) is 0 Å². The Morgan fingerprint density at radius 1 is 0.974 bits per heavy atom. The van der Waals surface area contributed by atoms with E-state index in [9.17, 15) is 19.2 Å². The molecular formula is C34H44O4. The van der Waals surface area contributed by atoms with Crippen LogP contribution in [0.4, 0.5) is 0 Å². The van der Waals surface area contributed by atoms with E-state index in [4.69, 9.17) is 0 Å². The summed E-state index contributed by atoms with van der Waals surface area (Å²) in [4.78, 5) is 54.0. The maximum Gasteiger partial charge on any atom is 0.190 e. The highest BCUT2D eigenvalue weighted by Gasteiger charge is 2.63. The van der Waals surface area contributed by atoms with Crippen molar-refractivity contribution in [3.63, 3.8) is 0 Å². The highest BCUT2D eigenvalue weighted by molar-refractivity contribution is 6.24. The summed E-state index contributed by atoms with van der Waals surface area (Å²) in [5, 5.41) is 0. The Hall–Kier alpha value is -2.62. The first-order valence-electron chi connectivity index (χ1n) is 13.9. The Labute approximate surface area is 228 Å². The average Bonchev–Trinajstić information content (AvgIpc) is 2.74. The number of rotatable bonds is 3. The van der Waals surface area contributed by atoms with Gasteiger partial charge in [0.15, 0.2) is 17.3 Å². The van der Waals surface area contributed by atoms with Crippen molar-refractivity contribution in [2.45, 2.75) is 114 Å². The molecule has 4 atom stereocenters. The summed E-state index contributed by atoms with van der Waals surface area (Å²) in [6.45, 7) is 23.6. The van der Waals surface area contributed by atoms with Crippen molar-refractivity contribution in [3.8, 4) is 0 Å². The van der Waals surface area contributed by atoms with Crippen LogP contribution < -0.4 is 0 Å². The summed E-state index contributed by atoms with van der Waals surface area (Å²) in [5.74, 6) is -0.579. The summed E-state index contributed by atoms with van der Waals surface area (Å²) < 4.78 is 0. The van der Waals surface area contributed by atoms with E-state index in [1.165, 1.54) is 6.92 Å². The zero-order valence-corrected chi connectivity index (χ0v) is 25.4. The molecule has 4 heteroatoms. The summed E-state index contributed by atoms with van der Waals surface area (Å²) in [5.41, 5.74) is 5.36. The monoisotopic (exact) mass is 516 g/mol. The summed E-state index contributed by atoms with van der Waals surface area (Å²) >= 11 is 0. The van der Waals surface area contributed by atoms with Gasteiger partial charge in [0.05, 0.1) is 11.0 Å². The molecule has 0 N–H and O–H groups in total. The molecule has 1 aromatic rings. The fourth-order valence-electron chi connectivity index (χ4n) is 8.39. The third-order valence-corrected chi connectivity index (χ3v) is 10.5. The van der Waals surface area contributed by atoms with E-state index in [1.54, 1.807) is 6.92 Å². The van der Waals surface area contributed by atoms with E-state index in [2.05, 4.69) is 40.7 Å². The van der Waals surface area contributed by atoms with Gasteiger partial charge in [0.25, 0.3) is 0 Å². The third kappa shape index (κ3) is 3.62. The molecule has 0 spiro atoms. The second kappa shape index (κ2) is 8.44. The first-order valence-corrected chi connectivity index (χ1v) is 13.9. The first-order chi connectivity index (χ1) is 17.2. The van der Waals surface area contributed by atoms with Crippen LogP contribution in [0.1, 0.15) is 128 Å². The summed E-state index contributed by atoms with van der Waals surface area (Å²) in [6.07, 6.45) is 1.96. The highest BCUT2D eigenvalue weighted by Crippen LogP contribution is 2.66. The minimum atomic E-state index is -0.930. The molecule has 0 aromatic heterocycles. The zero-order chi connectivity index (χ0) is 28.9. The fraction of sp³-hybridized carbons (Fsp3) is 0.588. The molecule has 0 fully saturated rings. The van der Waals surface area contributed by atoms with Crippen LogP contribution in [0, 0.1) is 23.2 Å². The van der Waals surface area contributed by atoms with Gasteiger partial charge in [0.2, 0.25) is 0 Å². The lowest BCUT2D eigenvalue weighted by molar-refractivity contribution is -0.134. The maximum absolute atomic E-state index is 14.7. The molecule has 0 amide bonds. The topological polar surface area (TPSA) is 68.3 Å². The Kier molecular flexibility index (Phi) is 6.30. The van der Waals surface area contributed by atoms with E-state index in [-0.39, 0.29) is 34.5 Å².